The van der Waals surface area contributed by atoms with Crippen molar-refractivity contribution < 1.29 is 14.3 Å². The molecule has 0 N–H and O–H groups in total. The summed E-state index contributed by atoms with van der Waals surface area (Å²) < 4.78 is 9.44. The molecule has 2 aromatic rings. The van der Waals surface area contributed by atoms with Crippen LogP contribution >= 0.6 is 0 Å². The Labute approximate surface area is 119 Å². The molecule has 20 heavy (non-hydrogen) atoms. The van der Waals surface area contributed by atoms with E-state index in [-0.39, 0.29) is 5.41 Å². The van der Waals surface area contributed by atoms with Crippen LogP contribution in [0.15, 0.2) is 54.6 Å². The molecule has 0 radical (unpaired) electrons. The molecule has 0 aliphatic heterocycles. The Balaban J connectivity index is 2.23. The van der Waals surface area contributed by atoms with Crippen LogP contribution in [-0.4, -0.2) is 13.3 Å². The van der Waals surface area contributed by atoms with Crippen molar-refractivity contribution in [1.82, 2.24) is 0 Å². The van der Waals surface area contributed by atoms with Crippen molar-refractivity contribution in [1.29, 1.82) is 0 Å². The predicted octanol–water partition coefficient (Wildman–Crippen LogP) is 4.16. The average Bonchev–Trinajstić information content (AvgIpc) is 2.48. The van der Waals surface area contributed by atoms with Crippen LogP contribution in [0.3, 0.4) is 0 Å². The van der Waals surface area contributed by atoms with E-state index < -0.39 is 6.16 Å². The number of benzene rings is 2. The average molecular weight is 270 g/mol. The summed E-state index contributed by atoms with van der Waals surface area (Å²) in [6, 6.07) is 17.8. The molecule has 0 aromatic heterocycles. The Morgan fingerprint density at radius 1 is 0.900 bits per heavy atom. The Morgan fingerprint density at radius 2 is 1.45 bits per heavy atom. The molecule has 104 valence electrons. The first-order valence-corrected chi connectivity index (χ1v) is 6.46. The van der Waals surface area contributed by atoms with Gasteiger partial charge in [-0.05, 0) is 23.3 Å². The lowest BCUT2D eigenvalue weighted by Crippen LogP contribution is -2.18. The summed E-state index contributed by atoms with van der Waals surface area (Å²) in [5.41, 5.74) is 2.29. The molecule has 0 aliphatic rings. The second kappa shape index (κ2) is 5.78. The van der Waals surface area contributed by atoms with Gasteiger partial charge in [0.2, 0.25) is 0 Å². The van der Waals surface area contributed by atoms with Gasteiger partial charge >= 0.3 is 6.16 Å². The highest BCUT2D eigenvalue weighted by Gasteiger charge is 2.22. The van der Waals surface area contributed by atoms with E-state index in [1.54, 1.807) is 12.1 Å². The first-order chi connectivity index (χ1) is 9.54. The monoisotopic (exact) mass is 270 g/mol. The summed E-state index contributed by atoms with van der Waals surface area (Å²) in [6.45, 7) is 4.33. The highest BCUT2D eigenvalue weighted by atomic mass is 16.7. The van der Waals surface area contributed by atoms with Crippen LogP contribution in [0.2, 0.25) is 0 Å². The zero-order chi connectivity index (χ0) is 14.6. The second-order valence-corrected chi connectivity index (χ2v) is 5.07. The second-order valence-electron chi connectivity index (χ2n) is 5.07. The lowest BCUT2D eigenvalue weighted by Gasteiger charge is -2.26. The molecular formula is C17H18O3. The van der Waals surface area contributed by atoms with Crippen molar-refractivity contribution in [2.75, 3.05) is 7.11 Å². The minimum Gasteiger partial charge on any atom is -0.437 e. The van der Waals surface area contributed by atoms with Gasteiger partial charge in [0.25, 0.3) is 0 Å². The lowest BCUT2D eigenvalue weighted by molar-refractivity contribution is 0.121. The molecule has 0 heterocycles. The van der Waals surface area contributed by atoms with E-state index in [1.165, 1.54) is 12.7 Å². The van der Waals surface area contributed by atoms with E-state index in [1.807, 2.05) is 30.3 Å². The first kappa shape index (κ1) is 14.1. The Hall–Kier alpha value is -2.29. The molecular weight excluding hydrogens is 252 g/mol. The number of carbonyl (C=O) groups excluding carboxylic acids is 1. The fourth-order valence-electron chi connectivity index (χ4n) is 2.10. The maximum absolute atomic E-state index is 11.0. The molecule has 2 aromatic carbocycles. The van der Waals surface area contributed by atoms with Crippen LogP contribution < -0.4 is 4.74 Å². The summed E-state index contributed by atoms with van der Waals surface area (Å²) in [6.07, 6.45) is -0.708. The van der Waals surface area contributed by atoms with Crippen molar-refractivity contribution >= 4 is 6.16 Å². The summed E-state index contributed by atoms with van der Waals surface area (Å²) in [5, 5.41) is 0. The van der Waals surface area contributed by atoms with E-state index in [0.29, 0.717) is 5.75 Å². The van der Waals surface area contributed by atoms with Gasteiger partial charge in [0, 0.05) is 5.41 Å². The van der Waals surface area contributed by atoms with Crippen LogP contribution in [0.5, 0.6) is 5.75 Å². The molecule has 0 aliphatic carbocycles. The number of ether oxygens (including phenoxy) is 2. The summed E-state index contributed by atoms with van der Waals surface area (Å²) in [7, 11) is 1.29. The van der Waals surface area contributed by atoms with Gasteiger partial charge in [-0.15, -0.1) is 0 Å². The summed E-state index contributed by atoms with van der Waals surface area (Å²) in [5.74, 6) is 0.476. The molecule has 0 saturated carbocycles. The maximum Gasteiger partial charge on any atom is 0.513 e. The number of methoxy groups -OCH3 is 1. The molecule has 0 bridgehead atoms. The van der Waals surface area contributed by atoms with E-state index in [2.05, 4.69) is 30.7 Å². The van der Waals surface area contributed by atoms with Gasteiger partial charge in [0.05, 0.1) is 7.11 Å². The minimum absolute atomic E-state index is 0.106. The normalized spacial score (nSPS) is 10.9. The Morgan fingerprint density at radius 3 is 2.00 bits per heavy atom. The lowest BCUT2D eigenvalue weighted by atomic mass is 9.78. The van der Waals surface area contributed by atoms with Gasteiger partial charge in [-0.3, -0.25) is 0 Å². The van der Waals surface area contributed by atoms with E-state index in [9.17, 15) is 4.79 Å². The molecule has 0 saturated heterocycles. The number of rotatable bonds is 3. The first-order valence-electron chi connectivity index (χ1n) is 6.46. The molecule has 0 spiro atoms. The van der Waals surface area contributed by atoms with Gasteiger partial charge < -0.3 is 9.47 Å². The predicted molar refractivity (Wildman–Crippen MR) is 78.0 cm³/mol. The highest BCUT2D eigenvalue weighted by molar-refractivity contribution is 5.63. The third-order valence-electron chi connectivity index (χ3n) is 3.44. The third-order valence-corrected chi connectivity index (χ3v) is 3.44. The van der Waals surface area contributed by atoms with Crippen molar-refractivity contribution in [3.05, 3.63) is 65.7 Å². The van der Waals surface area contributed by atoms with Crippen molar-refractivity contribution in [2.45, 2.75) is 19.3 Å². The summed E-state index contributed by atoms with van der Waals surface area (Å²) in [4.78, 5) is 11.0. The van der Waals surface area contributed by atoms with Gasteiger partial charge in [0.15, 0.2) is 0 Å². The Kier molecular flexibility index (Phi) is 4.08. The summed E-state index contributed by atoms with van der Waals surface area (Å²) >= 11 is 0. The van der Waals surface area contributed by atoms with Crippen molar-refractivity contribution in [2.24, 2.45) is 0 Å². The van der Waals surface area contributed by atoms with Crippen LogP contribution in [-0.2, 0) is 10.2 Å². The fourth-order valence-corrected chi connectivity index (χ4v) is 2.10. The zero-order valence-corrected chi connectivity index (χ0v) is 11.9. The molecule has 3 heteroatoms. The molecule has 2 rings (SSSR count). The number of carbonyl (C=O) groups is 1. The van der Waals surface area contributed by atoms with Gasteiger partial charge in [0.1, 0.15) is 5.75 Å². The van der Waals surface area contributed by atoms with Crippen LogP contribution in [0, 0.1) is 0 Å². The zero-order valence-electron chi connectivity index (χ0n) is 11.9. The standard InChI is InChI=1S/C17H18O3/c1-17(2,13-7-5-4-6-8-13)14-9-11-15(12-10-14)20-16(18)19-3/h4-12H,1-3H3. The molecule has 0 atom stereocenters. The van der Waals surface area contributed by atoms with Crippen LogP contribution in [0.25, 0.3) is 0 Å². The van der Waals surface area contributed by atoms with E-state index >= 15 is 0 Å². The smallest absolute Gasteiger partial charge is 0.437 e. The molecule has 0 fully saturated rings. The van der Waals surface area contributed by atoms with Crippen LogP contribution in [0.1, 0.15) is 25.0 Å². The molecule has 3 nitrogen and oxygen atoms in total. The SMILES string of the molecule is COC(=O)Oc1ccc(C(C)(C)c2ccccc2)cc1. The van der Waals surface area contributed by atoms with E-state index in [4.69, 9.17) is 4.74 Å². The van der Waals surface area contributed by atoms with Gasteiger partial charge in [-0.2, -0.15) is 0 Å². The number of hydrogen-bond acceptors (Lipinski definition) is 3. The topological polar surface area (TPSA) is 35.5 Å². The quantitative estimate of drug-likeness (QED) is 0.620. The molecule has 0 unspecified atom stereocenters. The Bertz CT molecular complexity index is 571. The molecule has 0 amide bonds. The van der Waals surface area contributed by atoms with Crippen molar-refractivity contribution in [3.8, 4) is 5.75 Å². The van der Waals surface area contributed by atoms with Crippen molar-refractivity contribution in [3.63, 3.8) is 0 Å². The minimum atomic E-state index is -0.708. The largest absolute Gasteiger partial charge is 0.513 e. The van der Waals surface area contributed by atoms with Crippen LogP contribution in [0.4, 0.5) is 4.79 Å². The number of hydrogen-bond donors (Lipinski definition) is 0. The van der Waals surface area contributed by atoms with Gasteiger partial charge in [-0.1, -0.05) is 56.3 Å². The third kappa shape index (κ3) is 2.99. The highest BCUT2D eigenvalue weighted by Crippen LogP contribution is 2.32. The maximum atomic E-state index is 11.0. The van der Waals surface area contributed by atoms with E-state index in [0.717, 1.165) is 5.56 Å². The fraction of sp³-hybridized carbons (Fsp3) is 0.235. The van der Waals surface area contributed by atoms with Gasteiger partial charge in [-0.25, -0.2) is 4.79 Å².